The van der Waals surface area contributed by atoms with Gasteiger partial charge in [-0.1, -0.05) is 0 Å². The fourth-order valence-corrected chi connectivity index (χ4v) is 3.52. The average molecular weight is 330 g/mol. The molecule has 0 aliphatic carbocycles. The van der Waals surface area contributed by atoms with Crippen LogP contribution < -0.4 is 4.72 Å². The maximum atomic E-state index is 13.6. The first-order chi connectivity index (χ1) is 8.58. The van der Waals surface area contributed by atoms with Crippen molar-refractivity contribution >= 4 is 31.5 Å². The van der Waals surface area contributed by atoms with Crippen molar-refractivity contribution in [2.24, 2.45) is 0 Å². The van der Waals surface area contributed by atoms with Crippen molar-refractivity contribution in [2.45, 2.75) is 22.8 Å². The number of alkyl halides is 1. The van der Waals surface area contributed by atoms with Gasteiger partial charge in [-0.15, -0.1) is 11.6 Å². The molecule has 0 aliphatic rings. The molecule has 1 unspecified atom stereocenters. The molecule has 1 aromatic rings. The maximum absolute atomic E-state index is 13.6. The predicted octanol–water partition coefficient (Wildman–Crippen LogP) is 1.13. The lowest BCUT2D eigenvalue weighted by molar-refractivity contribution is 0.548. The Morgan fingerprint density at radius 3 is 2.37 bits per heavy atom. The van der Waals surface area contributed by atoms with Crippen LogP contribution in [0.25, 0.3) is 0 Å². The molecule has 0 aliphatic heterocycles. The fraction of sp³-hybridized carbons (Fsp3) is 0.400. The Morgan fingerprint density at radius 1 is 1.32 bits per heavy atom. The molecule has 0 fully saturated rings. The van der Waals surface area contributed by atoms with Gasteiger partial charge in [0, 0.05) is 18.2 Å². The van der Waals surface area contributed by atoms with E-state index >= 15 is 0 Å². The highest BCUT2D eigenvalue weighted by molar-refractivity contribution is 7.91. The van der Waals surface area contributed by atoms with Gasteiger partial charge >= 0.3 is 0 Å². The van der Waals surface area contributed by atoms with E-state index in [0.717, 1.165) is 24.5 Å². The predicted molar refractivity (Wildman–Crippen MR) is 70.0 cm³/mol. The van der Waals surface area contributed by atoms with Gasteiger partial charge in [0.25, 0.3) is 0 Å². The summed E-state index contributed by atoms with van der Waals surface area (Å²) in [6.45, 7) is 1.50. The Bertz CT molecular complexity index is 673. The molecule has 0 heterocycles. The first-order valence-corrected chi connectivity index (χ1v) is 9.06. The van der Waals surface area contributed by atoms with Crippen LogP contribution in [-0.2, 0) is 19.9 Å². The van der Waals surface area contributed by atoms with Crippen molar-refractivity contribution in [1.29, 1.82) is 0 Å². The quantitative estimate of drug-likeness (QED) is 0.649. The summed E-state index contributed by atoms with van der Waals surface area (Å²) in [4.78, 5) is -0.986. The number of rotatable bonds is 5. The summed E-state index contributed by atoms with van der Waals surface area (Å²) in [5.41, 5.74) is 0. The zero-order valence-corrected chi connectivity index (χ0v) is 12.6. The molecule has 1 aromatic carbocycles. The van der Waals surface area contributed by atoms with E-state index in [2.05, 4.69) is 4.72 Å². The minimum absolute atomic E-state index is 0.00656. The zero-order chi connectivity index (χ0) is 14.8. The van der Waals surface area contributed by atoms with Crippen molar-refractivity contribution in [1.82, 2.24) is 4.72 Å². The van der Waals surface area contributed by atoms with E-state index in [-0.39, 0.29) is 10.8 Å². The molecule has 1 rings (SSSR count). The lowest BCUT2D eigenvalue weighted by Crippen LogP contribution is -2.34. The molecule has 0 radical (unpaired) electrons. The second kappa shape index (κ2) is 5.74. The van der Waals surface area contributed by atoms with E-state index in [1.807, 2.05) is 0 Å². The standard InChI is InChI=1S/C10H13ClFNO4S2/c1-7(6-11)13-19(16,17)10-5-8(18(2,14)15)3-4-9(10)12/h3-5,7,13H,6H2,1-2H3. The topological polar surface area (TPSA) is 80.3 Å². The smallest absolute Gasteiger partial charge is 0.224 e. The number of sulfone groups is 1. The Hall–Kier alpha value is -0.700. The molecular weight excluding hydrogens is 317 g/mol. The first kappa shape index (κ1) is 16.4. The number of hydrogen-bond acceptors (Lipinski definition) is 4. The Morgan fingerprint density at radius 2 is 1.89 bits per heavy atom. The van der Waals surface area contributed by atoms with Crippen LogP contribution in [0, 0.1) is 5.82 Å². The molecule has 1 N–H and O–H groups in total. The summed E-state index contributed by atoms with van der Waals surface area (Å²) in [7, 11) is -7.78. The minimum Gasteiger partial charge on any atom is -0.224 e. The van der Waals surface area contributed by atoms with Gasteiger partial charge in [0.1, 0.15) is 10.7 Å². The first-order valence-electron chi connectivity index (χ1n) is 5.16. The molecule has 9 heteroatoms. The molecule has 0 saturated carbocycles. The third-order valence-corrected chi connectivity index (χ3v) is 5.39. The molecule has 108 valence electrons. The molecule has 1 atom stereocenters. The van der Waals surface area contributed by atoms with Crippen LogP contribution in [0.5, 0.6) is 0 Å². The molecule has 0 aromatic heterocycles. The van der Waals surface area contributed by atoms with Crippen molar-refractivity contribution in [2.75, 3.05) is 12.1 Å². The highest BCUT2D eigenvalue weighted by Crippen LogP contribution is 2.19. The van der Waals surface area contributed by atoms with Gasteiger partial charge in [0.2, 0.25) is 10.0 Å². The van der Waals surface area contributed by atoms with E-state index < -0.39 is 36.6 Å². The number of halogens is 2. The van der Waals surface area contributed by atoms with Gasteiger partial charge in [-0.3, -0.25) is 0 Å². The largest absolute Gasteiger partial charge is 0.243 e. The minimum atomic E-state index is -4.16. The van der Waals surface area contributed by atoms with Crippen molar-refractivity contribution < 1.29 is 21.2 Å². The lowest BCUT2D eigenvalue weighted by Gasteiger charge is -2.12. The Balaban J connectivity index is 3.34. The van der Waals surface area contributed by atoms with Gasteiger partial charge in [0.15, 0.2) is 9.84 Å². The normalized spacial score (nSPS) is 14.3. The number of benzene rings is 1. The van der Waals surface area contributed by atoms with E-state index in [1.54, 1.807) is 0 Å². The van der Waals surface area contributed by atoms with Crippen LogP contribution in [0.3, 0.4) is 0 Å². The number of hydrogen-bond donors (Lipinski definition) is 1. The SMILES string of the molecule is CC(CCl)NS(=O)(=O)c1cc(S(C)(=O)=O)ccc1F. The van der Waals surface area contributed by atoms with E-state index in [0.29, 0.717) is 0 Å². The van der Waals surface area contributed by atoms with E-state index in [4.69, 9.17) is 11.6 Å². The molecule has 0 spiro atoms. The summed E-state index contributed by atoms with van der Waals surface area (Å²) in [6.07, 6.45) is 0.908. The van der Waals surface area contributed by atoms with Crippen LogP contribution in [0.4, 0.5) is 4.39 Å². The average Bonchev–Trinajstić information content (AvgIpc) is 2.26. The summed E-state index contributed by atoms with van der Waals surface area (Å²) >= 11 is 5.47. The third kappa shape index (κ3) is 4.13. The molecule has 0 saturated heterocycles. The van der Waals surface area contributed by atoms with Gasteiger partial charge in [-0.05, 0) is 25.1 Å². The third-order valence-electron chi connectivity index (χ3n) is 2.21. The van der Waals surface area contributed by atoms with E-state index in [9.17, 15) is 21.2 Å². The van der Waals surface area contributed by atoms with Gasteiger partial charge < -0.3 is 0 Å². The van der Waals surface area contributed by atoms with Crippen molar-refractivity contribution in [3.63, 3.8) is 0 Å². The fourth-order valence-electron chi connectivity index (χ4n) is 1.28. The van der Waals surface area contributed by atoms with Crippen LogP contribution in [0.1, 0.15) is 6.92 Å². The van der Waals surface area contributed by atoms with Crippen LogP contribution in [0.15, 0.2) is 28.0 Å². The number of sulfonamides is 1. The Kier molecular flexibility index (Phi) is 4.94. The summed E-state index contributed by atoms with van der Waals surface area (Å²) < 4.78 is 62.2. The second-order valence-corrected chi connectivity index (χ2v) is 8.05. The number of nitrogens with one attached hydrogen (secondary N) is 1. The monoisotopic (exact) mass is 329 g/mol. The molecule has 19 heavy (non-hydrogen) atoms. The van der Waals surface area contributed by atoms with Gasteiger partial charge in [-0.25, -0.2) is 25.9 Å². The van der Waals surface area contributed by atoms with Crippen LogP contribution in [0.2, 0.25) is 0 Å². The molecule has 0 amide bonds. The summed E-state index contributed by atoms with van der Waals surface area (Å²) in [6, 6.07) is 1.99. The van der Waals surface area contributed by atoms with Crippen LogP contribution in [-0.4, -0.2) is 35.0 Å². The summed E-state index contributed by atoms with van der Waals surface area (Å²) in [5, 5.41) is 0. The summed E-state index contributed by atoms with van der Waals surface area (Å²) in [5.74, 6) is -1.02. The highest BCUT2D eigenvalue weighted by Gasteiger charge is 2.23. The highest BCUT2D eigenvalue weighted by atomic mass is 35.5. The van der Waals surface area contributed by atoms with Crippen molar-refractivity contribution in [3.8, 4) is 0 Å². The molecule has 0 bridgehead atoms. The van der Waals surface area contributed by atoms with Gasteiger partial charge in [-0.2, -0.15) is 0 Å². The van der Waals surface area contributed by atoms with Gasteiger partial charge in [0.05, 0.1) is 4.90 Å². The van der Waals surface area contributed by atoms with Crippen molar-refractivity contribution in [3.05, 3.63) is 24.0 Å². The second-order valence-electron chi connectivity index (χ2n) is 4.04. The molecule has 5 nitrogen and oxygen atoms in total. The zero-order valence-electron chi connectivity index (χ0n) is 10.2. The Labute approximate surface area is 116 Å². The maximum Gasteiger partial charge on any atom is 0.243 e. The van der Waals surface area contributed by atoms with E-state index in [1.165, 1.54) is 6.92 Å². The van der Waals surface area contributed by atoms with Crippen LogP contribution >= 0.6 is 11.6 Å². The lowest BCUT2D eigenvalue weighted by atomic mass is 10.3. The molecular formula is C10H13ClFNO4S2.